The van der Waals surface area contributed by atoms with Crippen LogP contribution in [-0.4, -0.2) is 107 Å². The topological polar surface area (TPSA) is 173 Å². The van der Waals surface area contributed by atoms with Crippen molar-refractivity contribution in [2.45, 2.75) is 67.5 Å². The Morgan fingerprint density at radius 1 is 1.02 bits per heavy atom. The number of esters is 1. The number of thiophene rings is 2. The number of nitrogens with zero attached hydrogens (tertiary/aromatic N) is 1. The largest absolute Gasteiger partial charge is 0.506 e. The maximum absolute atomic E-state index is 13.6. The van der Waals surface area contributed by atoms with E-state index in [1.54, 1.807) is 24.3 Å². The molecule has 0 aliphatic carbocycles. The van der Waals surface area contributed by atoms with E-state index >= 15 is 0 Å². The highest BCUT2D eigenvalue weighted by Gasteiger charge is 2.72. The van der Waals surface area contributed by atoms with E-state index in [-0.39, 0.29) is 41.8 Å². The van der Waals surface area contributed by atoms with Crippen molar-refractivity contribution in [3.05, 3.63) is 98.4 Å². The number of epoxide rings is 1. The van der Waals surface area contributed by atoms with Gasteiger partial charge < -0.3 is 50.3 Å². The fourth-order valence-electron chi connectivity index (χ4n) is 8.03. The molecule has 0 radical (unpaired) electrons. The molecule has 5 heterocycles. The monoisotopic (exact) mass is 749 g/mol. The zero-order valence-electron chi connectivity index (χ0n) is 28.8. The number of aromatic hydroxyl groups is 1. The van der Waals surface area contributed by atoms with Crippen LogP contribution in [0.2, 0.25) is 0 Å². The van der Waals surface area contributed by atoms with Gasteiger partial charge in [-0.2, -0.15) is 0 Å². The maximum Gasteiger partial charge on any atom is 0.349 e. The molecule has 7 rings (SSSR count). The van der Waals surface area contributed by atoms with Crippen LogP contribution in [0.4, 0.5) is 11.4 Å². The number of benzene rings is 2. The first kappa shape index (κ1) is 36.5. The summed E-state index contributed by atoms with van der Waals surface area (Å²) in [6.07, 6.45) is 0.872. The minimum Gasteiger partial charge on any atom is -0.506 e. The Kier molecular flexibility index (Phi) is 10.7. The van der Waals surface area contributed by atoms with E-state index in [1.165, 1.54) is 28.7 Å². The zero-order valence-corrected chi connectivity index (χ0v) is 30.4. The molecule has 3 aliphatic rings. The van der Waals surface area contributed by atoms with Crippen molar-refractivity contribution in [1.82, 2.24) is 5.32 Å². The molecule has 0 saturated carbocycles. The fraction of sp³-hybridized carbons (Fsp3) is 0.421. The van der Waals surface area contributed by atoms with Gasteiger partial charge in [-0.3, -0.25) is 4.79 Å². The van der Waals surface area contributed by atoms with Crippen molar-refractivity contribution in [1.29, 1.82) is 0 Å². The summed E-state index contributed by atoms with van der Waals surface area (Å²) in [6.45, 7) is 1.89. The minimum atomic E-state index is -1.84. The number of carbonyl (C=O) groups is 2. The zero-order chi connectivity index (χ0) is 36.5. The first-order valence-electron chi connectivity index (χ1n) is 17.5. The van der Waals surface area contributed by atoms with Crippen LogP contribution in [0.25, 0.3) is 0 Å². The second-order valence-electron chi connectivity index (χ2n) is 14.1. The van der Waals surface area contributed by atoms with Gasteiger partial charge in [-0.05, 0) is 71.3 Å². The molecular weight excluding hydrogens is 705 g/mol. The number of aliphatic hydroxyl groups is 3. The number of carbonyl (C=O) groups excluding carboxylic acids is 2. The number of ether oxygens (including phenoxy) is 2. The van der Waals surface area contributed by atoms with Crippen LogP contribution in [0, 0.1) is 0 Å². The molecule has 0 spiro atoms. The highest BCUT2D eigenvalue weighted by molar-refractivity contribution is 7.12. The van der Waals surface area contributed by atoms with Gasteiger partial charge in [0.1, 0.15) is 48.8 Å². The fourth-order valence-corrected chi connectivity index (χ4v) is 9.74. The van der Waals surface area contributed by atoms with Crippen molar-refractivity contribution in [3.8, 4) is 5.75 Å². The molecule has 2 aromatic carbocycles. The Morgan fingerprint density at radius 3 is 2.31 bits per heavy atom. The van der Waals surface area contributed by atoms with Gasteiger partial charge in [0.2, 0.25) is 12.0 Å². The normalized spacial score (nSPS) is 25.9. The number of hydrogen-bond acceptors (Lipinski definition) is 12. The molecule has 12 nitrogen and oxygen atoms in total. The number of likely N-dealkylation sites (N-methyl/N-ethyl adjacent to an activating group) is 1. The summed E-state index contributed by atoms with van der Waals surface area (Å²) in [5.41, 5.74) is 1.02. The molecule has 2 bridgehead atoms. The van der Waals surface area contributed by atoms with Crippen LogP contribution in [0.5, 0.6) is 5.75 Å². The summed E-state index contributed by atoms with van der Waals surface area (Å²) >= 11 is 2.66. The number of rotatable bonds is 17. The number of morpholine rings is 1. The van der Waals surface area contributed by atoms with Gasteiger partial charge in [-0.25, -0.2) is 4.79 Å². The van der Waals surface area contributed by atoms with Crippen molar-refractivity contribution in [2.75, 3.05) is 43.9 Å². The molecule has 4 aromatic rings. The van der Waals surface area contributed by atoms with E-state index in [0.717, 1.165) is 17.7 Å². The van der Waals surface area contributed by atoms with Crippen molar-refractivity contribution >= 4 is 46.4 Å². The standard InChI is InChI=1S/C38H44N4O8S2/c1-42(29-17-27(18-30(42)36-35(29)50-36)49-37(47)38(48,33-4-2-14-51-33)34-5-3-15-52-34)21-26(44)19-40-25-9-6-23(7-10-25)12-13-39-20-32(46)24-8-11-31(45)28(16-24)41-22-43/h2-11,14-16,22,26-27,29-30,32,35-36,39-40,44,46,48H,12-13,17-21H2,1H3,(H-,41,43,45)/p+1/t26?,27?,29?,30?,32-,35?,36?,42?/m0/s1. The highest BCUT2D eigenvalue weighted by Crippen LogP contribution is 2.53. The molecule has 3 aliphatic heterocycles. The Balaban J connectivity index is 0.869. The summed E-state index contributed by atoms with van der Waals surface area (Å²) in [5, 5.41) is 56.0. The molecule has 52 heavy (non-hydrogen) atoms. The Labute approximate surface area is 310 Å². The van der Waals surface area contributed by atoms with Crippen LogP contribution in [0.1, 0.15) is 39.8 Å². The number of fused-ring (bicyclic) bond motifs is 5. The number of aliphatic hydroxyl groups excluding tert-OH is 2. The molecule has 3 saturated heterocycles. The summed E-state index contributed by atoms with van der Waals surface area (Å²) in [7, 11) is 2.18. The number of quaternary nitrogens is 1. The summed E-state index contributed by atoms with van der Waals surface area (Å²) in [4.78, 5) is 25.5. The molecule has 2 aromatic heterocycles. The van der Waals surface area contributed by atoms with Gasteiger partial charge in [0.15, 0.2) is 0 Å². The Morgan fingerprint density at radius 2 is 1.69 bits per heavy atom. The number of amides is 1. The predicted molar refractivity (Wildman–Crippen MR) is 198 cm³/mol. The van der Waals surface area contributed by atoms with E-state index in [4.69, 9.17) is 9.47 Å². The average molecular weight is 750 g/mol. The SMILES string of the molecule is C[N+]1(CC(O)CNc2ccc(CCNC[C@H](O)c3ccc(O)c(NC=O)c3)cc2)C2CC(OC(=O)C(O)(c3cccs3)c3cccs3)CC1C1OC12. The number of anilines is 2. The van der Waals surface area contributed by atoms with Crippen molar-refractivity contribution < 1.29 is 44.0 Å². The second kappa shape index (κ2) is 15.2. The number of hydrogen-bond donors (Lipinski definition) is 7. The van der Waals surface area contributed by atoms with Gasteiger partial charge >= 0.3 is 5.97 Å². The van der Waals surface area contributed by atoms with Gasteiger partial charge in [-0.15, -0.1) is 22.7 Å². The lowest BCUT2D eigenvalue weighted by atomic mass is 9.94. The first-order chi connectivity index (χ1) is 25.1. The predicted octanol–water partition coefficient (Wildman–Crippen LogP) is 3.33. The van der Waals surface area contributed by atoms with Gasteiger partial charge in [0, 0.05) is 31.6 Å². The van der Waals surface area contributed by atoms with Crippen LogP contribution in [-0.2, 0) is 31.1 Å². The first-order valence-corrected chi connectivity index (χ1v) is 19.3. The minimum absolute atomic E-state index is 0.0644. The molecule has 6 atom stereocenters. The lowest BCUT2D eigenvalue weighted by Gasteiger charge is -2.49. The van der Waals surface area contributed by atoms with E-state index in [0.29, 0.717) is 65.2 Å². The van der Waals surface area contributed by atoms with E-state index in [2.05, 4.69) is 23.0 Å². The van der Waals surface area contributed by atoms with Gasteiger partial charge in [0.05, 0.1) is 28.6 Å². The molecular formula is C38H45N4O8S2+. The lowest BCUT2D eigenvalue weighted by molar-refractivity contribution is -0.958. The molecule has 3 fully saturated rings. The molecule has 7 N–H and O–H groups in total. The average Bonchev–Trinajstić information content (AvgIpc) is 3.43. The van der Waals surface area contributed by atoms with Crippen molar-refractivity contribution in [2.24, 2.45) is 0 Å². The Bertz CT molecular complexity index is 1770. The second-order valence-corrected chi connectivity index (χ2v) is 16.0. The van der Waals surface area contributed by atoms with Crippen molar-refractivity contribution in [3.63, 3.8) is 0 Å². The molecule has 14 heteroatoms. The van der Waals surface area contributed by atoms with Gasteiger partial charge in [0.25, 0.3) is 0 Å². The smallest absolute Gasteiger partial charge is 0.349 e. The molecule has 5 unspecified atom stereocenters. The number of phenolic OH excluding ortho intramolecular Hbond substituents is 1. The summed E-state index contributed by atoms with van der Waals surface area (Å²) in [5.74, 6) is -0.710. The van der Waals surface area contributed by atoms with Crippen LogP contribution in [0.3, 0.4) is 0 Å². The maximum atomic E-state index is 13.6. The van der Waals surface area contributed by atoms with E-state index in [9.17, 15) is 30.0 Å². The van der Waals surface area contributed by atoms with Crippen LogP contribution in [0.15, 0.2) is 77.5 Å². The third-order valence-corrected chi connectivity index (χ3v) is 12.8. The quantitative estimate of drug-likeness (QED) is 0.0212. The van der Waals surface area contributed by atoms with E-state index < -0.39 is 23.8 Å². The van der Waals surface area contributed by atoms with Crippen LogP contribution >= 0.6 is 22.7 Å². The highest BCUT2D eigenvalue weighted by atomic mass is 32.1. The molecule has 276 valence electrons. The number of nitrogens with one attached hydrogen (secondary N) is 3. The summed E-state index contributed by atoms with van der Waals surface area (Å²) in [6, 6.07) is 20.0. The third kappa shape index (κ3) is 7.34. The number of phenols is 1. The van der Waals surface area contributed by atoms with E-state index in [1.807, 2.05) is 47.2 Å². The summed E-state index contributed by atoms with van der Waals surface area (Å²) < 4.78 is 12.8. The number of piperidine rings is 1. The van der Waals surface area contributed by atoms with Gasteiger partial charge in [-0.1, -0.05) is 30.3 Å². The Hall–Kier alpha value is -3.86. The lowest BCUT2D eigenvalue weighted by Crippen LogP contribution is -2.65. The molecule has 1 amide bonds. The van der Waals surface area contributed by atoms with Crippen LogP contribution < -0.4 is 16.0 Å². The third-order valence-electron chi connectivity index (χ3n) is 10.8.